The maximum Gasteiger partial charge on any atom is 0.0220 e. The van der Waals surface area contributed by atoms with Gasteiger partial charge < -0.3 is 4.90 Å². The van der Waals surface area contributed by atoms with Gasteiger partial charge in [0.1, 0.15) is 0 Å². The molecule has 0 aliphatic heterocycles. The van der Waals surface area contributed by atoms with E-state index in [1.54, 1.807) is 0 Å². The molecule has 0 aromatic heterocycles. The Hall–Kier alpha value is -0.0800. The fourth-order valence-electron chi connectivity index (χ4n) is 1.93. The zero-order valence-electron chi connectivity index (χ0n) is 12.9. The summed E-state index contributed by atoms with van der Waals surface area (Å²) in [5, 5.41) is 0. The Balaban J connectivity index is 0. The van der Waals surface area contributed by atoms with Gasteiger partial charge in [-0.25, -0.2) is 0 Å². The lowest BCUT2D eigenvalue weighted by Crippen LogP contribution is -2.43. The van der Waals surface area contributed by atoms with E-state index in [0.29, 0.717) is 0 Å². The van der Waals surface area contributed by atoms with Crippen LogP contribution in [0, 0.1) is 5.92 Å². The average molecular weight is 230 g/mol. The van der Waals surface area contributed by atoms with Crippen molar-refractivity contribution in [1.82, 2.24) is 9.80 Å². The molecule has 1 unspecified atom stereocenters. The minimum absolute atomic E-state index is 0.720. The van der Waals surface area contributed by atoms with Crippen LogP contribution in [0.3, 0.4) is 0 Å². The lowest BCUT2D eigenvalue weighted by atomic mass is 10.1. The largest absolute Gasteiger partial charge is 0.308 e. The second-order valence-corrected chi connectivity index (χ2v) is 4.81. The second-order valence-electron chi connectivity index (χ2n) is 4.81. The molecule has 0 aliphatic carbocycles. The first-order chi connectivity index (χ1) is 7.51. The highest BCUT2D eigenvalue weighted by Crippen LogP contribution is 2.08. The Kier molecular flexibility index (Phi) is 13.0. The Morgan fingerprint density at radius 1 is 0.938 bits per heavy atom. The Morgan fingerprint density at radius 3 is 1.69 bits per heavy atom. The van der Waals surface area contributed by atoms with Crippen LogP contribution < -0.4 is 0 Å². The van der Waals surface area contributed by atoms with Crippen molar-refractivity contribution >= 4 is 0 Å². The standard InChI is InChI=1S/C12H28N2.C2H6/c1-7-12(10-13(5)6)14(8-2)9-11(3)4;1-2/h11-12H,7-10H2,1-6H3;1-2H3. The first-order valence-corrected chi connectivity index (χ1v) is 6.89. The van der Waals surface area contributed by atoms with Crippen molar-refractivity contribution in [3.63, 3.8) is 0 Å². The maximum atomic E-state index is 2.60. The van der Waals surface area contributed by atoms with Gasteiger partial charge in [-0.3, -0.25) is 4.90 Å². The average Bonchev–Trinajstić information content (AvgIpc) is 2.25. The summed E-state index contributed by atoms with van der Waals surface area (Å²) in [7, 11) is 4.32. The number of likely N-dealkylation sites (N-methyl/N-ethyl adjacent to an activating group) is 2. The van der Waals surface area contributed by atoms with Gasteiger partial charge in [0.05, 0.1) is 0 Å². The molecular weight excluding hydrogens is 196 g/mol. The summed E-state index contributed by atoms with van der Waals surface area (Å²) in [5.74, 6) is 0.770. The van der Waals surface area contributed by atoms with Crippen LogP contribution in [0.15, 0.2) is 0 Å². The Labute approximate surface area is 104 Å². The Morgan fingerprint density at radius 2 is 1.44 bits per heavy atom. The van der Waals surface area contributed by atoms with Gasteiger partial charge in [-0.2, -0.15) is 0 Å². The van der Waals surface area contributed by atoms with Gasteiger partial charge >= 0.3 is 0 Å². The van der Waals surface area contributed by atoms with Crippen LogP contribution in [0.2, 0.25) is 0 Å². The van der Waals surface area contributed by atoms with E-state index in [4.69, 9.17) is 0 Å². The van der Waals surface area contributed by atoms with E-state index in [-0.39, 0.29) is 0 Å². The third kappa shape index (κ3) is 9.17. The van der Waals surface area contributed by atoms with Crippen molar-refractivity contribution in [3.05, 3.63) is 0 Å². The number of rotatable bonds is 7. The monoisotopic (exact) mass is 230 g/mol. The van der Waals surface area contributed by atoms with E-state index in [1.165, 1.54) is 26.1 Å². The molecule has 0 aliphatic rings. The zero-order valence-corrected chi connectivity index (χ0v) is 12.9. The fraction of sp³-hybridized carbons (Fsp3) is 1.00. The van der Waals surface area contributed by atoms with Gasteiger partial charge in [0.15, 0.2) is 0 Å². The highest BCUT2D eigenvalue weighted by molar-refractivity contribution is 4.72. The van der Waals surface area contributed by atoms with Crippen molar-refractivity contribution < 1.29 is 0 Å². The fourth-order valence-corrected chi connectivity index (χ4v) is 1.93. The molecule has 1 atom stereocenters. The van der Waals surface area contributed by atoms with Crippen LogP contribution in [0.25, 0.3) is 0 Å². The second kappa shape index (κ2) is 11.4. The van der Waals surface area contributed by atoms with Gasteiger partial charge in [-0.15, -0.1) is 0 Å². The normalized spacial score (nSPS) is 12.9. The van der Waals surface area contributed by atoms with Crippen LogP contribution in [-0.2, 0) is 0 Å². The molecule has 0 radical (unpaired) electrons. The molecule has 0 saturated heterocycles. The van der Waals surface area contributed by atoms with E-state index < -0.39 is 0 Å². The first-order valence-electron chi connectivity index (χ1n) is 6.89. The van der Waals surface area contributed by atoms with E-state index in [2.05, 4.69) is 51.6 Å². The molecule has 0 N–H and O–H groups in total. The predicted molar refractivity (Wildman–Crippen MR) is 76.1 cm³/mol. The summed E-state index contributed by atoms with van der Waals surface area (Å²) in [6.45, 7) is 16.7. The minimum Gasteiger partial charge on any atom is -0.308 e. The van der Waals surface area contributed by atoms with Crippen LogP contribution in [0.1, 0.15) is 48.0 Å². The molecule has 16 heavy (non-hydrogen) atoms. The van der Waals surface area contributed by atoms with Gasteiger partial charge in [-0.05, 0) is 33.0 Å². The van der Waals surface area contributed by atoms with Crippen molar-refractivity contribution in [1.29, 1.82) is 0 Å². The SMILES string of the molecule is CC.CCC(CN(C)C)N(CC)CC(C)C. The molecule has 0 rings (SSSR count). The van der Waals surface area contributed by atoms with Crippen LogP contribution in [-0.4, -0.2) is 49.6 Å². The van der Waals surface area contributed by atoms with Crippen molar-refractivity contribution in [2.45, 2.75) is 54.0 Å². The molecular formula is C14H34N2. The van der Waals surface area contributed by atoms with Crippen LogP contribution in [0.4, 0.5) is 0 Å². The van der Waals surface area contributed by atoms with E-state index >= 15 is 0 Å². The van der Waals surface area contributed by atoms with Crippen molar-refractivity contribution in [2.75, 3.05) is 33.7 Å². The highest BCUT2D eigenvalue weighted by Gasteiger charge is 2.16. The predicted octanol–water partition coefficient (Wildman–Crippen LogP) is 3.33. The molecule has 0 aromatic carbocycles. The number of hydrogen-bond donors (Lipinski definition) is 0. The molecule has 0 amide bonds. The van der Waals surface area contributed by atoms with Gasteiger partial charge in [0.25, 0.3) is 0 Å². The third-order valence-electron chi connectivity index (χ3n) is 2.57. The van der Waals surface area contributed by atoms with Crippen LogP contribution in [0.5, 0.6) is 0 Å². The minimum atomic E-state index is 0.720. The first kappa shape index (κ1) is 18.3. The smallest absolute Gasteiger partial charge is 0.0220 e. The van der Waals surface area contributed by atoms with Crippen molar-refractivity contribution in [3.8, 4) is 0 Å². The van der Waals surface area contributed by atoms with Gasteiger partial charge in [-0.1, -0.05) is 41.5 Å². The third-order valence-corrected chi connectivity index (χ3v) is 2.57. The van der Waals surface area contributed by atoms with Crippen LogP contribution >= 0.6 is 0 Å². The topological polar surface area (TPSA) is 6.48 Å². The summed E-state index contributed by atoms with van der Waals surface area (Å²) in [6, 6.07) is 0.720. The molecule has 0 fully saturated rings. The molecule has 0 saturated carbocycles. The summed E-state index contributed by atoms with van der Waals surface area (Å²) in [6.07, 6.45) is 1.25. The summed E-state index contributed by atoms with van der Waals surface area (Å²) in [4.78, 5) is 4.89. The molecule has 100 valence electrons. The Bertz CT molecular complexity index is 117. The molecule has 0 heterocycles. The van der Waals surface area contributed by atoms with Gasteiger partial charge in [0.2, 0.25) is 0 Å². The van der Waals surface area contributed by atoms with Crippen molar-refractivity contribution in [2.24, 2.45) is 5.92 Å². The maximum absolute atomic E-state index is 2.60. The quantitative estimate of drug-likeness (QED) is 0.662. The lowest BCUT2D eigenvalue weighted by molar-refractivity contribution is 0.149. The number of nitrogens with zero attached hydrogens (tertiary/aromatic N) is 2. The number of hydrogen-bond acceptors (Lipinski definition) is 2. The highest BCUT2D eigenvalue weighted by atomic mass is 15.2. The molecule has 0 spiro atoms. The van der Waals surface area contributed by atoms with E-state index in [0.717, 1.165) is 12.0 Å². The van der Waals surface area contributed by atoms with Gasteiger partial charge in [0, 0.05) is 19.1 Å². The molecule has 0 aromatic rings. The van der Waals surface area contributed by atoms with E-state index in [1.807, 2.05) is 13.8 Å². The summed E-state index contributed by atoms with van der Waals surface area (Å²) in [5.41, 5.74) is 0. The molecule has 2 heteroatoms. The molecule has 0 bridgehead atoms. The molecule has 2 nitrogen and oxygen atoms in total. The lowest BCUT2D eigenvalue weighted by Gasteiger charge is -2.33. The zero-order chi connectivity index (χ0) is 13.1. The summed E-state index contributed by atoms with van der Waals surface area (Å²) < 4.78 is 0. The van der Waals surface area contributed by atoms with E-state index in [9.17, 15) is 0 Å². The summed E-state index contributed by atoms with van der Waals surface area (Å²) >= 11 is 0.